The van der Waals surface area contributed by atoms with Gasteiger partial charge in [0.25, 0.3) is 0 Å². The zero-order valence-corrected chi connectivity index (χ0v) is 5.58. The molecule has 1 rings (SSSR count). The van der Waals surface area contributed by atoms with Gasteiger partial charge in [-0.1, -0.05) is 12.7 Å². The van der Waals surface area contributed by atoms with Gasteiger partial charge in [0.05, 0.1) is 6.20 Å². The molecule has 0 aliphatic carbocycles. The van der Waals surface area contributed by atoms with Crippen molar-refractivity contribution in [3.63, 3.8) is 0 Å². The van der Waals surface area contributed by atoms with E-state index in [0.717, 1.165) is 5.75 Å². The molecule has 0 amide bonds. The predicted molar refractivity (Wildman–Crippen MR) is 38.8 cm³/mol. The van der Waals surface area contributed by atoms with Gasteiger partial charge in [-0.25, -0.2) is 0 Å². The van der Waals surface area contributed by atoms with Crippen molar-refractivity contribution in [2.45, 2.75) is 0 Å². The van der Waals surface area contributed by atoms with Gasteiger partial charge in [0.15, 0.2) is 0 Å². The highest BCUT2D eigenvalue weighted by atomic mass is 16.5. The minimum absolute atomic E-state index is 0.526. The van der Waals surface area contributed by atoms with E-state index in [2.05, 4.69) is 17.8 Å². The molecule has 1 aromatic rings. The van der Waals surface area contributed by atoms with Crippen LogP contribution in [0.5, 0.6) is 5.75 Å². The zero-order valence-electron chi connectivity index (χ0n) is 5.58. The van der Waals surface area contributed by atoms with Crippen LogP contribution in [0.1, 0.15) is 0 Å². The van der Waals surface area contributed by atoms with Gasteiger partial charge in [0, 0.05) is 12.3 Å². The van der Waals surface area contributed by atoms with Gasteiger partial charge in [-0.3, -0.25) is 4.98 Å². The fraction of sp³-hybridized carbons (Fsp3) is 0.125. The molecule has 10 heavy (non-hydrogen) atoms. The molecule has 51 valence electrons. The molecule has 0 aromatic carbocycles. The van der Waals surface area contributed by atoms with E-state index in [-0.39, 0.29) is 0 Å². The molecular formula is C8H8NO. The second-order valence-electron chi connectivity index (χ2n) is 1.72. The normalized spacial score (nSPS) is 8.80. The third-order valence-corrected chi connectivity index (χ3v) is 0.963. The van der Waals surface area contributed by atoms with Crippen molar-refractivity contribution in [1.82, 2.24) is 4.98 Å². The van der Waals surface area contributed by atoms with Crippen molar-refractivity contribution in [2.75, 3.05) is 6.61 Å². The molecule has 1 aromatic heterocycles. The van der Waals surface area contributed by atoms with E-state index in [1.807, 2.05) is 0 Å². The summed E-state index contributed by atoms with van der Waals surface area (Å²) in [6.45, 7) is 4.05. The average Bonchev–Trinajstić information content (AvgIpc) is 2.03. The average molecular weight is 134 g/mol. The first kappa shape index (κ1) is 6.81. The number of hydrogen-bond donors (Lipinski definition) is 0. The van der Waals surface area contributed by atoms with Crippen molar-refractivity contribution in [3.8, 4) is 5.75 Å². The summed E-state index contributed by atoms with van der Waals surface area (Å²) >= 11 is 0. The highest BCUT2D eigenvalue weighted by molar-refractivity contribution is 5.16. The molecule has 0 saturated carbocycles. The highest BCUT2D eigenvalue weighted by Crippen LogP contribution is 2.05. The maximum Gasteiger partial charge on any atom is 0.123 e. The van der Waals surface area contributed by atoms with Crippen molar-refractivity contribution in [1.29, 1.82) is 0 Å². The number of hydrogen-bond acceptors (Lipinski definition) is 2. The third kappa shape index (κ3) is 1.90. The molecule has 0 unspecified atom stereocenters. The summed E-state index contributed by atoms with van der Waals surface area (Å²) in [5.74, 6) is 0.773. The van der Waals surface area contributed by atoms with Crippen LogP contribution in [0.4, 0.5) is 0 Å². The summed E-state index contributed by atoms with van der Waals surface area (Å²) in [5.41, 5.74) is 0. The van der Waals surface area contributed by atoms with Crippen molar-refractivity contribution < 1.29 is 4.74 Å². The quantitative estimate of drug-likeness (QED) is 0.583. The molecule has 0 aliphatic heterocycles. The fourth-order valence-electron chi connectivity index (χ4n) is 0.548. The number of rotatable bonds is 3. The number of pyridine rings is 1. The lowest BCUT2D eigenvalue weighted by molar-refractivity contribution is 0.362. The lowest BCUT2D eigenvalue weighted by Gasteiger charge is -1.99. The van der Waals surface area contributed by atoms with E-state index >= 15 is 0 Å². The first-order valence-electron chi connectivity index (χ1n) is 2.99. The monoisotopic (exact) mass is 134 g/mol. The van der Waals surface area contributed by atoms with Crippen LogP contribution in [0.3, 0.4) is 0 Å². The molecule has 2 heteroatoms. The maximum absolute atomic E-state index is 5.17. The Kier molecular flexibility index (Phi) is 2.49. The zero-order chi connectivity index (χ0) is 7.23. The Morgan fingerprint density at radius 3 is 3.30 bits per heavy atom. The van der Waals surface area contributed by atoms with Crippen LogP contribution in [0, 0.1) is 6.20 Å². The first-order valence-corrected chi connectivity index (χ1v) is 2.99. The van der Waals surface area contributed by atoms with Gasteiger partial charge in [0.1, 0.15) is 12.4 Å². The molecule has 0 fully saturated rings. The Hall–Kier alpha value is -1.31. The second-order valence-corrected chi connectivity index (χ2v) is 1.72. The summed E-state index contributed by atoms with van der Waals surface area (Å²) in [4.78, 5) is 3.72. The van der Waals surface area contributed by atoms with Crippen LogP contribution in [-0.4, -0.2) is 11.6 Å². The van der Waals surface area contributed by atoms with Crippen molar-refractivity contribution >= 4 is 0 Å². The topological polar surface area (TPSA) is 22.1 Å². The third-order valence-electron chi connectivity index (χ3n) is 0.963. The Morgan fingerprint density at radius 1 is 1.80 bits per heavy atom. The van der Waals surface area contributed by atoms with E-state index in [0.29, 0.717) is 6.61 Å². The van der Waals surface area contributed by atoms with E-state index in [1.54, 1.807) is 24.4 Å². The predicted octanol–water partition coefficient (Wildman–Crippen LogP) is 1.45. The Bertz CT molecular complexity index is 196. The minimum Gasteiger partial charge on any atom is -0.489 e. The molecular weight excluding hydrogens is 126 g/mol. The molecule has 0 saturated heterocycles. The van der Waals surface area contributed by atoms with E-state index in [9.17, 15) is 0 Å². The number of aromatic nitrogens is 1. The Labute approximate surface area is 60.2 Å². The van der Waals surface area contributed by atoms with Gasteiger partial charge in [-0.2, -0.15) is 0 Å². The summed E-state index contributed by atoms with van der Waals surface area (Å²) < 4.78 is 5.17. The maximum atomic E-state index is 5.17. The van der Waals surface area contributed by atoms with Crippen LogP contribution in [0.15, 0.2) is 31.0 Å². The van der Waals surface area contributed by atoms with Crippen LogP contribution in [-0.2, 0) is 0 Å². The smallest absolute Gasteiger partial charge is 0.123 e. The minimum atomic E-state index is 0.526. The number of nitrogens with zero attached hydrogens (tertiary/aromatic N) is 1. The molecule has 1 heterocycles. The van der Waals surface area contributed by atoms with Crippen LogP contribution < -0.4 is 4.74 Å². The second kappa shape index (κ2) is 3.67. The Balaban J connectivity index is 2.50. The van der Waals surface area contributed by atoms with Gasteiger partial charge >= 0.3 is 0 Å². The Morgan fingerprint density at radius 2 is 2.70 bits per heavy atom. The van der Waals surface area contributed by atoms with Gasteiger partial charge in [-0.15, -0.1) is 0 Å². The van der Waals surface area contributed by atoms with Gasteiger partial charge in [-0.05, 0) is 6.07 Å². The van der Waals surface area contributed by atoms with E-state index < -0.39 is 0 Å². The molecule has 0 bridgehead atoms. The SMILES string of the molecule is C=CCOc1c[c]ncc1. The lowest BCUT2D eigenvalue weighted by atomic mass is 10.4. The standard InChI is InChI=1S/C8H8NO/c1-2-7-10-8-3-5-9-6-4-8/h2-5H,1,7H2. The molecule has 1 radical (unpaired) electrons. The summed E-state index contributed by atoms with van der Waals surface area (Å²) in [6, 6.07) is 3.46. The van der Waals surface area contributed by atoms with Crippen LogP contribution in [0.2, 0.25) is 0 Å². The van der Waals surface area contributed by atoms with Crippen molar-refractivity contribution in [2.24, 2.45) is 0 Å². The lowest BCUT2D eigenvalue weighted by Crippen LogP contribution is -1.91. The highest BCUT2D eigenvalue weighted by Gasteiger charge is 1.86. The summed E-state index contributed by atoms with van der Waals surface area (Å²) in [7, 11) is 0. The molecule has 0 spiro atoms. The van der Waals surface area contributed by atoms with Crippen molar-refractivity contribution in [3.05, 3.63) is 37.2 Å². The molecule has 0 aliphatic rings. The molecule has 2 nitrogen and oxygen atoms in total. The van der Waals surface area contributed by atoms with E-state index in [1.165, 1.54) is 0 Å². The first-order chi connectivity index (χ1) is 4.93. The largest absolute Gasteiger partial charge is 0.489 e. The number of ether oxygens (including phenoxy) is 1. The molecule has 0 N–H and O–H groups in total. The fourth-order valence-corrected chi connectivity index (χ4v) is 0.548. The van der Waals surface area contributed by atoms with Gasteiger partial charge in [0.2, 0.25) is 0 Å². The van der Waals surface area contributed by atoms with Crippen LogP contribution >= 0.6 is 0 Å². The summed E-state index contributed by atoms with van der Waals surface area (Å²) in [6.07, 6.45) is 5.99. The molecule has 0 atom stereocenters. The van der Waals surface area contributed by atoms with Crippen LogP contribution in [0.25, 0.3) is 0 Å². The van der Waals surface area contributed by atoms with Gasteiger partial charge < -0.3 is 4.74 Å². The summed E-state index contributed by atoms with van der Waals surface area (Å²) in [5, 5.41) is 0. The van der Waals surface area contributed by atoms with E-state index in [4.69, 9.17) is 4.74 Å².